The summed E-state index contributed by atoms with van der Waals surface area (Å²) < 4.78 is 5.22. The van der Waals surface area contributed by atoms with E-state index in [1.807, 2.05) is 0 Å². The molecule has 5 heteroatoms. The molecule has 0 spiro atoms. The molecule has 1 aromatic carbocycles. The van der Waals surface area contributed by atoms with E-state index in [1.165, 1.54) is 25.7 Å². The van der Waals surface area contributed by atoms with E-state index < -0.39 is 0 Å². The number of benzene rings is 1. The minimum Gasteiger partial charge on any atom is -0.508 e. The molecule has 0 saturated heterocycles. The fraction of sp³-hybridized carbons (Fsp3) is 0.429. The van der Waals surface area contributed by atoms with Crippen LogP contribution in [-0.4, -0.2) is 21.3 Å². The number of nitrogens with zero attached hydrogens (tertiary/aromatic N) is 2. The number of phenols is 1. The Morgan fingerprint density at radius 3 is 2.68 bits per heavy atom. The summed E-state index contributed by atoms with van der Waals surface area (Å²) in [7, 11) is 0. The average Bonchev–Trinajstić information content (AvgIpc) is 3.09. The fourth-order valence-electron chi connectivity index (χ4n) is 2.42. The van der Waals surface area contributed by atoms with Crippen LogP contribution < -0.4 is 5.32 Å². The summed E-state index contributed by atoms with van der Waals surface area (Å²) in [6, 6.07) is 7.36. The second-order valence-electron chi connectivity index (χ2n) is 4.92. The van der Waals surface area contributed by atoms with Gasteiger partial charge in [-0.05, 0) is 37.1 Å². The standard InChI is InChI=1S/C14H17N3O2/c18-12-7-5-10(6-8-12)14-16-13(19-17-14)9-15-11-3-1-2-4-11/h5-8,11,15,18H,1-4,9H2. The maximum atomic E-state index is 9.24. The van der Waals surface area contributed by atoms with Gasteiger partial charge in [0.15, 0.2) is 0 Å². The summed E-state index contributed by atoms with van der Waals surface area (Å²) in [6.07, 6.45) is 5.08. The molecule has 1 saturated carbocycles. The molecular weight excluding hydrogens is 242 g/mol. The van der Waals surface area contributed by atoms with Crippen LogP contribution in [0.5, 0.6) is 5.75 Å². The molecule has 3 rings (SSSR count). The summed E-state index contributed by atoms with van der Waals surface area (Å²) in [4.78, 5) is 4.35. The van der Waals surface area contributed by atoms with Crippen LogP contribution in [0.2, 0.25) is 0 Å². The highest BCUT2D eigenvalue weighted by atomic mass is 16.5. The third-order valence-corrected chi connectivity index (χ3v) is 3.49. The zero-order valence-electron chi connectivity index (χ0n) is 10.7. The van der Waals surface area contributed by atoms with E-state index in [2.05, 4.69) is 15.5 Å². The van der Waals surface area contributed by atoms with E-state index in [0.717, 1.165) is 5.56 Å². The van der Waals surface area contributed by atoms with Crippen molar-refractivity contribution < 1.29 is 9.63 Å². The predicted octanol–water partition coefficient (Wildman–Crippen LogP) is 2.47. The Bertz CT molecular complexity index is 530. The lowest BCUT2D eigenvalue weighted by atomic mass is 10.2. The number of hydrogen-bond acceptors (Lipinski definition) is 5. The highest BCUT2D eigenvalue weighted by Crippen LogP contribution is 2.20. The molecule has 1 aliphatic carbocycles. The molecule has 19 heavy (non-hydrogen) atoms. The first-order valence-corrected chi connectivity index (χ1v) is 6.66. The van der Waals surface area contributed by atoms with Gasteiger partial charge in [0.2, 0.25) is 11.7 Å². The molecule has 0 aliphatic heterocycles. The Morgan fingerprint density at radius 2 is 1.95 bits per heavy atom. The van der Waals surface area contributed by atoms with Crippen molar-refractivity contribution in [1.82, 2.24) is 15.5 Å². The van der Waals surface area contributed by atoms with Crippen LogP contribution >= 0.6 is 0 Å². The monoisotopic (exact) mass is 259 g/mol. The summed E-state index contributed by atoms with van der Waals surface area (Å²) in [5.41, 5.74) is 0.841. The fourth-order valence-corrected chi connectivity index (χ4v) is 2.42. The van der Waals surface area contributed by atoms with Crippen molar-refractivity contribution in [2.24, 2.45) is 0 Å². The van der Waals surface area contributed by atoms with Crippen molar-refractivity contribution in [2.75, 3.05) is 0 Å². The summed E-state index contributed by atoms with van der Waals surface area (Å²) in [5.74, 6) is 1.40. The smallest absolute Gasteiger partial charge is 0.240 e. The van der Waals surface area contributed by atoms with Crippen molar-refractivity contribution in [3.8, 4) is 17.1 Å². The minimum absolute atomic E-state index is 0.232. The Labute approximate surface area is 111 Å². The van der Waals surface area contributed by atoms with E-state index in [0.29, 0.717) is 24.3 Å². The van der Waals surface area contributed by atoms with Gasteiger partial charge in [-0.2, -0.15) is 4.98 Å². The molecule has 1 aliphatic rings. The molecule has 1 heterocycles. The summed E-state index contributed by atoms with van der Waals surface area (Å²) in [6.45, 7) is 0.621. The van der Waals surface area contributed by atoms with Gasteiger partial charge in [0.1, 0.15) is 5.75 Å². The van der Waals surface area contributed by atoms with Gasteiger partial charge >= 0.3 is 0 Å². The van der Waals surface area contributed by atoms with Gasteiger partial charge in [0, 0.05) is 11.6 Å². The SMILES string of the molecule is Oc1ccc(-c2noc(CNC3CCCC3)n2)cc1. The lowest BCUT2D eigenvalue weighted by Gasteiger charge is -2.08. The predicted molar refractivity (Wildman–Crippen MR) is 70.5 cm³/mol. The maximum Gasteiger partial charge on any atom is 0.240 e. The molecule has 100 valence electrons. The molecule has 0 atom stereocenters. The summed E-state index contributed by atoms with van der Waals surface area (Å²) in [5, 5.41) is 16.6. The molecule has 0 amide bonds. The van der Waals surface area contributed by atoms with Crippen LogP contribution in [0.1, 0.15) is 31.6 Å². The third-order valence-electron chi connectivity index (χ3n) is 3.49. The van der Waals surface area contributed by atoms with Crippen LogP contribution in [0.3, 0.4) is 0 Å². The first kappa shape index (κ1) is 12.2. The Balaban J connectivity index is 1.63. The van der Waals surface area contributed by atoms with Gasteiger partial charge in [0.25, 0.3) is 0 Å². The average molecular weight is 259 g/mol. The maximum absolute atomic E-state index is 9.24. The number of aromatic nitrogens is 2. The lowest BCUT2D eigenvalue weighted by Crippen LogP contribution is -2.25. The largest absolute Gasteiger partial charge is 0.508 e. The van der Waals surface area contributed by atoms with Gasteiger partial charge < -0.3 is 14.9 Å². The Hall–Kier alpha value is -1.88. The van der Waals surface area contributed by atoms with E-state index in [1.54, 1.807) is 24.3 Å². The zero-order chi connectivity index (χ0) is 13.1. The van der Waals surface area contributed by atoms with Crippen LogP contribution in [-0.2, 0) is 6.54 Å². The van der Waals surface area contributed by atoms with E-state index in [-0.39, 0.29) is 5.75 Å². The number of hydrogen-bond donors (Lipinski definition) is 2. The topological polar surface area (TPSA) is 71.2 Å². The van der Waals surface area contributed by atoms with Crippen LogP contribution in [0.15, 0.2) is 28.8 Å². The van der Waals surface area contributed by atoms with Gasteiger partial charge in [-0.3, -0.25) is 0 Å². The van der Waals surface area contributed by atoms with Crippen LogP contribution in [0.4, 0.5) is 0 Å². The van der Waals surface area contributed by atoms with Crippen LogP contribution in [0, 0.1) is 0 Å². The first-order valence-electron chi connectivity index (χ1n) is 6.66. The Morgan fingerprint density at radius 1 is 1.21 bits per heavy atom. The van der Waals surface area contributed by atoms with E-state index in [9.17, 15) is 5.11 Å². The minimum atomic E-state index is 0.232. The van der Waals surface area contributed by atoms with Crippen molar-refractivity contribution in [1.29, 1.82) is 0 Å². The molecule has 1 aromatic heterocycles. The zero-order valence-corrected chi connectivity index (χ0v) is 10.7. The first-order chi connectivity index (χ1) is 9.31. The van der Waals surface area contributed by atoms with Crippen LogP contribution in [0.25, 0.3) is 11.4 Å². The van der Waals surface area contributed by atoms with Gasteiger partial charge in [-0.1, -0.05) is 18.0 Å². The number of aromatic hydroxyl groups is 1. The van der Waals surface area contributed by atoms with Crippen molar-refractivity contribution in [3.05, 3.63) is 30.2 Å². The number of nitrogens with one attached hydrogen (secondary N) is 1. The van der Waals surface area contributed by atoms with Crippen molar-refractivity contribution in [3.63, 3.8) is 0 Å². The van der Waals surface area contributed by atoms with Gasteiger partial charge in [-0.25, -0.2) is 0 Å². The molecule has 0 radical (unpaired) electrons. The number of rotatable bonds is 4. The number of phenolic OH excluding ortho intramolecular Hbond substituents is 1. The van der Waals surface area contributed by atoms with E-state index >= 15 is 0 Å². The molecule has 0 unspecified atom stereocenters. The van der Waals surface area contributed by atoms with Crippen molar-refractivity contribution in [2.45, 2.75) is 38.3 Å². The molecule has 2 N–H and O–H groups in total. The second-order valence-corrected chi connectivity index (χ2v) is 4.92. The molecular formula is C14H17N3O2. The quantitative estimate of drug-likeness (QED) is 0.882. The summed E-state index contributed by atoms with van der Waals surface area (Å²) >= 11 is 0. The molecule has 1 fully saturated rings. The second kappa shape index (κ2) is 5.40. The van der Waals surface area contributed by atoms with Gasteiger partial charge in [0.05, 0.1) is 6.54 Å². The Kier molecular flexibility index (Phi) is 3.46. The lowest BCUT2D eigenvalue weighted by molar-refractivity contribution is 0.357. The normalized spacial score (nSPS) is 16.0. The molecule has 0 bridgehead atoms. The third kappa shape index (κ3) is 2.93. The highest BCUT2D eigenvalue weighted by Gasteiger charge is 2.15. The highest BCUT2D eigenvalue weighted by molar-refractivity contribution is 5.55. The van der Waals surface area contributed by atoms with E-state index in [4.69, 9.17) is 4.52 Å². The van der Waals surface area contributed by atoms with Gasteiger partial charge in [-0.15, -0.1) is 0 Å². The molecule has 5 nitrogen and oxygen atoms in total. The van der Waals surface area contributed by atoms with Crippen molar-refractivity contribution >= 4 is 0 Å². The molecule has 2 aromatic rings.